The molecule has 1 atom stereocenters. The molecule has 218 valence electrons. The SMILES string of the molecule is CNC(=O)[C@@H](Cc1ccccc1)N(Cc1ccc(Cl)c(Cl)c1)C(=O)CN(c1cccc(Br)c1)S(=O)(=O)c1ccccc1. The molecule has 0 heterocycles. The molecule has 0 aliphatic carbocycles. The molecule has 0 spiro atoms. The number of halogens is 3. The molecule has 0 saturated heterocycles. The highest BCUT2D eigenvalue weighted by Crippen LogP contribution is 2.28. The van der Waals surface area contributed by atoms with Gasteiger partial charge >= 0.3 is 0 Å². The summed E-state index contributed by atoms with van der Waals surface area (Å²) in [5.41, 5.74) is 1.74. The van der Waals surface area contributed by atoms with Gasteiger partial charge in [-0.15, -0.1) is 0 Å². The zero-order valence-corrected chi connectivity index (χ0v) is 26.5. The van der Waals surface area contributed by atoms with Crippen LogP contribution in [0.4, 0.5) is 5.69 Å². The van der Waals surface area contributed by atoms with Gasteiger partial charge in [0, 0.05) is 24.5 Å². The molecule has 0 aliphatic rings. The second-order valence-electron chi connectivity index (χ2n) is 9.39. The maximum atomic E-state index is 14.3. The Morgan fingerprint density at radius 1 is 0.833 bits per heavy atom. The molecule has 1 N–H and O–H groups in total. The number of benzene rings is 4. The minimum atomic E-state index is -4.17. The number of hydrogen-bond acceptors (Lipinski definition) is 4. The molecule has 0 saturated carbocycles. The summed E-state index contributed by atoms with van der Waals surface area (Å²) in [5.74, 6) is -0.975. The number of carbonyl (C=O) groups excluding carboxylic acids is 2. The van der Waals surface area contributed by atoms with Gasteiger partial charge in [0.05, 0.1) is 20.6 Å². The van der Waals surface area contributed by atoms with Gasteiger partial charge in [-0.05, 0) is 53.6 Å². The molecule has 7 nitrogen and oxygen atoms in total. The predicted octanol–water partition coefficient (Wildman–Crippen LogP) is 6.34. The van der Waals surface area contributed by atoms with Gasteiger partial charge in [-0.2, -0.15) is 0 Å². The van der Waals surface area contributed by atoms with Crippen LogP contribution in [0.2, 0.25) is 10.0 Å². The van der Waals surface area contributed by atoms with Crippen molar-refractivity contribution in [1.82, 2.24) is 10.2 Å². The van der Waals surface area contributed by atoms with Gasteiger partial charge in [-0.25, -0.2) is 8.42 Å². The highest BCUT2D eigenvalue weighted by Gasteiger charge is 2.34. The average molecular weight is 689 g/mol. The molecule has 0 radical (unpaired) electrons. The van der Waals surface area contributed by atoms with Crippen LogP contribution in [-0.2, 0) is 32.6 Å². The van der Waals surface area contributed by atoms with Gasteiger partial charge in [-0.1, -0.05) is 99.8 Å². The Balaban J connectivity index is 1.79. The van der Waals surface area contributed by atoms with Crippen LogP contribution in [0, 0.1) is 0 Å². The van der Waals surface area contributed by atoms with E-state index in [9.17, 15) is 18.0 Å². The van der Waals surface area contributed by atoms with Crippen molar-refractivity contribution in [3.05, 3.63) is 129 Å². The maximum Gasteiger partial charge on any atom is 0.264 e. The zero-order chi connectivity index (χ0) is 30.3. The van der Waals surface area contributed by atoms with E-state index in [0.29, 0.717) is 20.1 Å². The van der Waals surface area contributed by atoms with Gasteiger partial charge in [-0.3, -0.25) is 13.9 Å². The molecule has 0 unspecified atom stereocenters. The third-order valence-corrected chi connectivity index (χ3v) is 9.58. The van der Waals surface area contributed by atoms with E-state index in [-0.39, 0.29) is 23.5 Å². The summed E-state index contributed by atoms with van der Waals surface area (Å²) in [6, 6.07) is 27.9. The Morgan fingerprint density at radius 2 is 1.50 bits per heavy atom. The van der Waals surface area contributed by atoms with Crippen molar-refractivity contribution >= 4 is 66.7 Å². The van der Waals surface area contributed by atoms with Crippen LogP contribution in [0.1, 0.15) is 11.1 Å². The molecule has 0 aliphatic heterocycles. The van der Waals surface area contributed by atoms with Gasteiger partial charge in [0.15, 0.2) is 0 Å². The van der Waals surface area contributed by atoms with E-state index >= 15 is 0 Å². The number of rotatable bonds is 11. The molecule has 11 heteroatoms. The fourth-order valence-electron chi connectivity index (χ4n) is 4.43. The number of amides is 2. The molecule has 4 aromatic carbocycles. The fourth-order valence-corrected chi connectivity index (χ4v) is 6.57. The van der Waals surface area contributed by atoms with Crippen LogP contribution in [0.15, 0.2) is 112 Å². The minimum absolute atomic E-state index is 0.0155. The Hall–Kier alpha value is -3.37. The van der Waals surface area contributed by atoms with Gasteiger partial charge in [0.2, 0.25) is 11.8 Å². The molecular weight excluding hydrogens is 661 g/mol. The van der Waals surface area contributed by atoms with E-state index in [4.69, 9.17) is 23.2 Å². The second kappa shape index (κ2) is 14.2. The minimum Gasteiger partial charge on any atom is -0.357 e. The fraction of sp³-hybridized carbons (Fsp3) is 0.161. The van der Waals surface area contributed by atoms with Gasteiger partial charge in [0.25, 0.3) is 10.0 Å². The lowest BCUT2D eigenvalue weighted by atomic mass is 10.0. The molecular formula is C31H28BrCl2N3O4S. The normalized spacial score (nSPS) is 11.9. The van der Waals surface area contributed by atoms with Crippen LogP contribution >= 0.6 is 39.1 Å². The van der Waals surface area contributed by atoms with E-state index in [1.165, 1.54) is 24.1 Å². The number of hydrogen-bond donors (Lipinski definition) is 1. The van der Waals surface area contributed by atoms with Crippen LogP contribution in [0.3, 0.4) is 0 Å². The monoisotopic (exact) mass is 687 g/mol. The summed E-state index contributed by atoms with van der Waals surface area (Å²) in [6.45, 7) is -0.574. The number of nitrogens with zero attached hydrogens (tertiary/aromatic N) is 2. The molecule has 4 aromatic rings. The van der Waals surface area contributed by atoms with Crippen molar-refractivity contribution in [1.29, 1.82) is 0 Å². The highest BCUT2D eigenvalue weighted by atomic mass is 79.9. The van der Waals surface area contributed by atoms with Crippen LogP contribution in [0.25, 0.3) is 0 Å². The number of sulfonamides is 1. The largest absolute Gasteiger partial charge is 0.357 e. The predicted molar refractivity (Wildman–Crippen MR) is 170 cm³/mol. The number of anilines is 1. The van der Waals surface area contributed by atoms with Crippen molar-refractivity contribution < 1.29 is 18.0 Å². The third kappa shape index (κ3) is 7.72. The quantitative estimate of drug-likeness (QED) is 0.199. The molecule has 2 amide bonds. The molecule has 0 fully saturated rings. The Labute approximate surface area is 264 Å². The topological polar surface area (TPSA) is 86.8 Å². The number of carbonyl (C=O) groups is 2. The van der Waals surface area contributed by atoms with Crippen LogP contribution < -0.4 is 9.62 Å². The van der Waals surface area contributed by atoms with Crippen molar-refractivity contribution in [2.24, 2.45) is 0 Å². The zero-order valence-electron chi connectivity index (χ0n) is 22.6. The molecule has 4 rings (SSSR count). The average Bonchev–Trinajstić information content (AvgIpc) is 2.99. The van der Waals surface area contributed by atoms with Crippen LogP contribution in [-0.4, -0.2) is 44.8 Å². The van der Waals surface area contributed by atoms with E-state index in [1.807, 2.05) is 30.3 Å². The Morgan fingerprint density at radius 3 is 2.12 bits per heavy atom. The lowest BCUT2D eigenvalue weighted by Crippen LogP contribution is -2.53. The first-order chi connectivity index (χ1) is 20.1. The Bertz CT molecular complexity index is 1660. The summed E-state index contributed by atoms with van der Waals surface area (Å²) >= 11 is 15.8. The van der Waals surface area contributed by atoms with E-state index in [1.54, 1.807) is 60.7 Å². The number of likely N-dealkylation sites (N-methyl/N-ethyl adjacent to an activating group) is 1. The van der Waals surface area contributed by atoms with Crippen molar-refractivity contribution in [2.75, 3.05) is 17.9 Å². The van der Waals surface area contributed by atoms with Crippen molar-refractivity contribution in [2.45, 2.75) is 23.9 Å². The van der Waals surface area contributed by atoms with Gasteiger partial charge < -0.3 is 10.2 Å². The first kappa shape index (κ1) is 31.6. The smallest absolute Gasteiger partial charge is 0.264 e. The maximum absolute atomic E-state index is 14.3. The standard InChI is InChI=1S/C31H28BrCl2N3O4S/c1-35-31(39)29(18-22-9-4-2-5-10-22)36(20-23-15-16-27(33)28(34)17-23)30(38)21-37(25-12-8-11-24(32)19-25)42(40,41)26-13-6-3-7-14-26/h2-17,19,29H,18,20-21H2,1H3,(H,35,39)/t29-/m1/s1. The van der Waals surface area contributed by atoms with E-state index in [0.717, 1.165) is 9.87 Å². The van der Waals surface area contributed by atoms with Gasteiger partial charge in [0.1, 0.15) is 12.6 Å². The summed E-state index contributed by atoms with van der Waals surface area (Å²) in [6.07, 6.45) is 0.204. The van der Waals surface area contributed by atoms with Crippen molar-refractivity contribution in [3.63, 3.8) is 0 Å². The summed E-state index contributed by atoms with van der Waals surface area (Å²) < 4.78 is 29.5. The molecule has 0 aromatic heterocycles. The second-order valence-corrected chi connectivity index (χ2v) is 13.0. The lowest BCUT2D eigenvalue weighted by Gasteiger charge is -2.33. The first-order valence-electron chi connectivity index (χ1n) is 12.9. The van der Waals surface area contributed by atoms with E-state index < -0.39 is 34.4 Å². The summed E-state index contributed by atoms with van der Waals surface area (Å²) in [4.78, 5) is 29.0. The first-order valence-corrected chi connectivity index (χ1v) is 15.9. The lowest BCUT2D eigenvalue weighted by molar-refractivity contribution is -0.139. The molecule has 42 heavy (non-hydrogen) atoms. The van der Waals surface area contributed by atoms with Crippen molar-refractivity contribution in [3.8, 4) is 0 Å². The summed E-state index contributed by atoms with van der Waals surface area (Å²) in [5, 5.41) is 3.30. The third-order valence-electron chi connectivity index (χ3n) is 6.56. The van der Waals surface area contributed by atoms with Crippen LogP contribution in [0.5, 0.6) is 0 Å². The molecule has 0 bridgehead atoms. The Kier molecular flexibility index (Phi) is 10.7. The summed E-state index contributed by atoms with van der Waals surface area (Å²) in [7, 11) is -2.67. The highest BCUT2D eigenvalue weighted by molar-refractivity contribution is 9.10. The number of nitrogens with one attached hydrogen (secondary N) is 1. The van der Waals surface area contributed by atoms with E-state index in [2.05, 4.69) is 21.2 Å².